The molecule has 0 N–H and O–H groups in total. The van der Waals surface area contributed by atoms with Crippen molar-refractivity contribution in [2.24, 2.45) is 0 Å². The van der Waals surface area contributed by atoms with Crippen molar-refractivity contribution in [3.63, 3.8) is 0 Å². The largest absolute Gasteiger partial charge is 0.311 e. The predicted molar refractivity (Wildman–Crippen MR) is 298 cm³/mol. The number of hydrogen-bond acceptors (Lipinski definition) is 2. The lowest BCUT2D eigenvalue weighted by molar-refractivity contribution is 1.28. The molecule has 12 aromatic carbocycles. The molecule has 0 fully saturated rings. The van der Waals surface area contributed by atoms with Gasteiger partial charge in [-0.3, -0.25) is 0 Å². The summed E-state index contributed by atoms with van der Waals surface area (Å²) in [5.41, 5.74) is 18.5. The van der Waals surface area contributed by atoms with Gasteiger partial charge in [-0.05, 0) is 133 Å². The third-order valence-electron chi connectivity index (χ3n) is 13.5. The molecule has 0 atom stereocenters. The van der Waals surface area contributed by atoms with Crippen molar-refractivity contribution in [3.05, 3.63) is 291 Å². The van der Waals surface area contributed by atoms with Crippen LogP contribution in [-0.4, -0.2) is 0 Å². The van der Waals surface area contributed by atoms with Crippen molar-refractivity contribution in [1.29, 1.82) is 0 Å². The van der Waals surface area contributed by atoms with Gasteiger partial charge in [0.05, 0.1) is 11.4 Å². The van der Waals surface area contributed by atoms with Gasteiger partial charge in [0.2, 0.25) is 0 Å². The van der Waals surface area contributed by atoms with Gasteiger partial charge in [-0.25, -0.2) is 0 Å². The summed E-state index contributed by atoms with van der Waals surface area (Å²) in [6, 6.07) is 105. The molecule has 0 saturated heterocycles. The summed E-state index contributed by atoms with van der Waals surface area (Å²) in [6.07, 6.45) is 0. The second kappa shape index (κ2) is 18.8. The standard InChI is InChI=1S/C68H48N2/c1-4-16-49(17-5-1)51-30-38-59(39-31-51)69(61-42-36-54(37-43-61)58-25-14-24-57(48-58)50-18-6-2-7-19-50)60-40-32-52(33-41-60)53-34-44-62(45-35-53)70(67-29-15-23-56-22-10-11-26-64(56)67)68-47-46-63(55-20-8-3-9-21-55)65-27-12-13-28-66(65)68/h1-48H. The molecule has 0 saturated carbocycles. The third kappa shape index (κ3) is 8.29. The predicted octanol–water partition coefficient (Wildman–Crippen LogP) is 19.3. The Bertz CT molecular complexity index is 3710. The number of benzene rings is 12. The van der Waals surface area contributed by atoms with Gasteiger partial charge in [-0.1, -0.05) is 224 Å². The van der Waals surface area contributed by atoms with E-state index < -0.39 is 0 Å². The van der Waals surface area contributed by atoms with Gasteiger partial charge in [-0.2, -0.15) is 0 Å². The second-order valence-electron chi connectivity index (χ2n) is 17.7. The van der Waals surface area contributed by atoms with Gasteiger partial charge >= 0.3 is 0 Å². The topological polar surface area (TPSA) is 6.48 Å². The Labute approximate surface area is 410 Å². The summed E-state index contributed by atoms with van der Waals surface area (Å²) in [7, 11) is 0. The SMILES string of the molecule is c1ccc(-c2ccc(N(c3ccc(-c4ccc(N(c5cccc6ccccc56)c5ccc(-c6ccccc6)c6ccccc56)cc4)cc3)c3ccc(-c4cccc(-c5ccccc5)c4)cc3)cc2)cc1. The van der Waals surface area contributed by atoms with Crippen molar-refractivity contribution in [3.8, 4) is 55.6 Å². The van der Waals surface area contributed by atoms with Crippen LogP contribution in [0, 0.1) is 0 Å². The molecule has 0 radical (unpaired) electrons. The molecule has 0 aliphatic heterocycles. The van der Waals surface area contributed by atoms with Crippen LogP contribution in [0.1, 0.15) is 0 Å². The van der Waals surface area contributed by atoms with E-state index in [1.807, 2.05) is 0 Å². The Kier molecular flexibility index (Phi) is 11.3. The van der Waals surface area contributed by atoms with E-state index in [2.05, 4.69) is 301 Å². The van der Waals surface area contributed by atoms with Crippen molar-refractivity contribution in [1.82, 2.24) is 0 Å². The number of anilines is 6. The molecular weight excluding hydrogens is 845 g/mol. The summed E-state index contributed by atoms with van der Waals surface area (Å²) in [5, 5.41) is 4.83. The molecular formula is C68H48N2. The van der Waals surface area contributed by atoms with Crippen molar-refractivity contribution in [2.45, 2.75) is 0 Å². The summed E-state index contributed by atoms with van der Waals surface area (Å²) >= 11 is 0. The molecule has 12 aromatic rings. The Morgan fingerprint density at radius 3 is 1.06 bits per heavy atom. The number of nitrogens with zero attached hydrogens (tertiary/aromatic N) is 2. The van der Waals surface area contributed by atoms with Crippen LogP contribution in [0.4, 0.5) is 34.1 Å². The fraction of sp³-hybridized carbons (Fsp3) is 0. The minimum atomic E-state index is 1.08. The molecule has 0 aromatic heterocycles. The highest BCUT2D eigenvalue weighted by Gasteiger charge is 2.20. The average Bonchev–Trinajstić information content (AvgIpc) is 3.45. The van der Waals surface area contributed by atoms with Gasteiger partial charge in [0.1, 0.15) is 0 Å². The van der Waals surface area contributed by atoms with Crippen LogP contribution in [0.2, 0.25) is 0 Å². The van der Waals surface area contributed by atoms with Crippen LogP contribution in [0.25, 0.3) is 77.2 Å². The Morgan fingerprint density at radius 1 is 0.186 bits per heavy atom. The fourth-order valence-electron chi connectivity index (χ4n) is 9.96. The van der Waals surface area contributed by atoms with E-state index in [1.54, 1.807) is 0 Å². The number of rotatable bonds is 11. The van der Waals surface area contributed by atoms with Crippen LogP contribution < -0.4 is 9.80 Å². The molecule has 12 rings (SSSR count). The van der Waals surface area contributed by atoms with Crippen LogP contribution in [-0.2, 0) is 0 Å². The van der Waals surface area contributed by atoms with E-state index in [9.17, 15) is 0 Å². The second-order valence-corrected chi connectivity index (χ2v) is 17.7. The molecule has 0 bridgehead atoms. The maximum Gasteiger partial charge on any atom is 0.0540 e. The smallest absolute Gasteiger partial charge is 0.0540 e. The monoisotopic (exact) mass is 892 g/mol. The van der Waals surface area contributed by atoms with Crippen LogP contribution in [0.3, 0.4) is 0 Å². The van der Waals surface area contributed by atoms with E-state index in [0.717, 1.165) is 45.3 Å². The molecule has 0 spiro atoms. The number of fused-ring (bicyclic) bond motifs is 2. The van der Waals surface area contributed by atoms with Crippen molar-refractivity contribution < 1.29 is 0 Å². The summed E-state index contributed by atoms with van der Waals surface area (Å²) in [5.74, 6) is 0. The highest BCUT2D eigenvalue weighted by molar-refractivity contribution is 6.09. The first-order valence-electron chi connectivity index (χ1n) is 24.0. The minimum absolute atomic E-state index is 1.08. The molecule has 2 heteroatoms. The quantitative estimate of drug-likeness (QED) is 0.128. The van der Waals surface area contributed by atoms with E-state index in [1.165, 1.54) is 66.1 Å². The summed E-state index contributed by atoms with van der Waals surface area (Å²) in [4.78, 5) is 4.78. The average molecular weight is 893 g/mol. The molecule has 0 aliphatic carbocycles. The zero-order valence-electron chi connectivity index (χ0n) is 38.6. The van der Waals surface area contributed by atoms with E-state index in [-0.39, 0.29) is 0 Å². The van der Waals surface area contributed by atoms with E-state index in [4.69, 9.17) is 0 Å². The molecule has 0 amide bonds. The van der Waals surface area contributed by atoms with Gasteiger partial charge in [0.25, 0.3) is 0 Å². The van der Waals surface area contributed by atoms with Crippen LogP contribution >= 0.6 is 0 Å². The summed E-state index contributed by atoms with van der Waals surface area (Å²) in [6.45, 7) is 0. The normalized spacial score (nSPS) is 11.1. The first kappa shape index (κ1) is 42.1. The lowest BCUT2D eigenvalue weighted by Gasteiger charge is -2.29. The Hall–Kier alpha value is -9.24. The zero-order chi connectivity index (χ0) is 46.6. The first-order valence-corrected chi connectivity index (χ1v) is 24.0. The minimum Gasteiger partial charge on any atom is -0.311 e. The van der Waals surface area contributed by atoms with Crippen molar-refractivity contribution in [2.75, 3.05) is 9.80 Å². The maximum atomic E-state index is 2.43. The zero-order valence-corrected chi connectivity index (χ0v) is 38.6. The van der Waals surface area contributed by atoms with E-state index >= 15 is 0 Å². The fourth-order valence-corrected chi connectivity index (χ4v) is 9.96. The van der Waals surface area contributed by atoms with E-state index in [0.29, 0.717) is 0 Å². The molecule has 70 heavy (non-hydrogen) atoms. The maximum absolute atomic E-state index is 2.43. The third-order valence-corrected chi connectivity index (χ3v) is 13.5. The lowest BCUT2D eigenvalue weighted by atomic mass is 9.96. The molecule has 0 unspecified atom stereocenters. The highest BCUT2D eigenvalue weighted by atomic mass is 15.1. The van der Waals surface area contributed by atoms with Gasteiger partial charge in [0, 0.05) is 33.5 Å². The molecule has 2 nitrogen and oxygen atoms in total. The molecule has 0 heterocycles. The highest BCUT2D eigenvalue weighted by Crippen LogP contribution is 2.45. The lowest BCUT2D eigenvalue weighted by Crippen LogP contribution is -2.11. The van der Waals surface area contributed by atoms with Gasteiger partial charge in [0.15, 0.2) is 0 Å². The Balaban J connectivity index is 0.897. The molecule has 0 aliphatic rings. The van der Waals surface area contributed by atoms with Crippen LogP contribution in [0.5, 0.6) is 0 Å². The van der Waals surface area contributed by atoms with Crippen molar-refractivity contribution >= 4 is 55.7 Å². The Morgan fingerprint density at radius 2 is 0.529 bits per heavy atom. The first-order chi connectivity index (χ1) is 34.7. The van der Waals surface area contributed by atoms with Gasteiger partial charge in [-0.15, -0.1) is 0 Å². The van der Waals surface area contributed by atoms with Gasteiger partial charge < -0.3 is 9.80 Å². The van der Waals surface area contributed by atoms with Crippen LogP contribution in [0.15, 0.2) is 291 Å². The molecule has 330 valence electrons. The summed E-state index contributed by atoms with van der Waals surface area (Å²) < 4.78 is 0. The number of hydrogen-bond donors (Lipinski definition) is 0.